The molecule has 0 aliphatic heterocycles. The molecule has 1 aromatic heterocycles. The number of phenolic OH excluding ortho intramolecular Hbond substituents is 1. The van der Waals surface area contributed by atoms with E-state index in [1.165, 1.54) is 36.1 Å². The predicted octanol–water partition coefficient (Wildman–Crippen LogP) is 1.26. The quantitative estimate of drug-likeness (QED) is 0.507. The van der Waals surface area contributed by atoms with Gasteiger partial charge in [0.05, 0.1) is 24.0 Å². The van der Waals surface area contributed by atoms with Crippen LogP contribution in [0.25, 0.3) is 0 Å². The van der Waals surface area contributed by atoms with Gasteiger partial charge in [0, 0.05) is 11.3 Å². The third-order valence-electron chi connectivity index (χ3n) is 3.29. The fourth-order valence-electron chi connectivity index (χ4n) is 2.00. The number of phenols is 1. The number of rotatable bonds is 7. The van der Waals surface area contributed by atoms with Crippen molar-refractivity contribution in [3.05, 3.63) is 57.9 Å². The molecule has 3 N–H and O–H groups in total. The number of amides is 1. The van der Waals surface area contributed by atoms with E-state index in [2.05, 4.69) is 22.5 Å². The van der Waals surface area contributed by atoms with Crippen LogP contribution in [0.2, 0.25) is 0 Å². The number of ether oxygens (including phenoxy) is 1. The molecule has 0 aliphatic carbocycles. The van der Waals surface area contributed by atoms with Crippen LogP contribution in [0, 0.1) is 17.0 Å². The molecule has 10 heteroatoms. The van der Waals surface area contributed by atoms with E-state index in [1.54, 1.807) is 6.92 Å². The van der Waals surface area contributed by atoms with Gasteiger partial charge in [-0.25, -0.2) is 0 Å². The summed E-state index contributed by atoms with van der Waals surface area (Å²) in [4.78, 5) is 22.2. The number of hydrazine groups is 1. The number of nitro groups is 1. The molecule has 0 radical (unpaired) electrons. The van der Waals surface area contributed by atoms with Gasteiger partial charge in [0.15, 0.2) is 11.5 Å². The standard InChI is InChI=1S/C15H17N5O5/c1-9(8-19-10(2)6-14(18-19)20(23)24)16-17-15(22)11-4-5-12(21)13(7-11)25-3/h4-7,16,21H,1,8H2,2-3H3,(H,17,22). The fraction of sp³-hybridized carbons (Fsp3) is 0.200. The molecular weight excluding hydrogens is 330 g/mol. The van der Waals surface area contributed by atoms with Crippen LogP contribution in [0.1, 0.15) is 16.1 Å². The van der Waals surface area contributed by atoms with Crippen LogP contribution in [0.5, 0.6) is 11.5 Å². The average Bonchev–Trinajstić information content (AvgIpc) is 2.94. The van der Waals surface area contributed by atoms with Gasteiger partial charge in [-0.15, -0.1) is 0 Å². The van der Waals surface area contributed by atoms with Crippen molar-refractivity contribution in [1.82, 2.24) is 20.6 Å². The zero-order valence-corrected chi connectivity index (χ0v) is 13.6. The normalized spacial score (nSPS) is 10.2. The highest BCUT2D eigenvalue weighted by Crippen LogP contribution is 2.26. The number of aryl methyl sites for hydroxylation is 1. The Labute approximate surface area is 142 Å². The molecule has 0 atom stereocenters. The third-order valence-corrected chi connectivity index (χ3v) is 3.29. The van der Waals surface area contributed by atoms with Crippen molar-refractivity contribution in [1.29, 1.82) is 0 Å². The monoisotopic (exact) mass is 347 g/mol. The summed E-state index contributed by atoms with van der Waals surface area (Å²) < 4.78 is 6.33. The summed E-state index contributed by atoms with van der Waals surface area (Å²) in [6, 6.07) is 5.50. The number of aromatic nitrogens is 2. The molecule has 1 heterocycles. The maximum Gasteiger partial charge on any atom is 0.390 e. The molecule has 0 spiro atoms. The lowest BCUT2D eigenvalue weighted by Crippen LogP contribution is -2.37. The van der Waals surface area contributed by atoms with Gasteiger partial charge >= 0.3 is 5.82 Å². The molecule has 0 aliphatic rings. The molecule has 0 unspecified atom stereocenters. The van der Waals surface area contributed by atoms with E-state index < -0.39 is 10.8 Å². The van der Waals surface area contributed by atoms with E-state index in [0.29, 0.717) is 11.4 Å². The highest BCUT2D eigenvalue weighted by Gasteiger charge is 2.16. The summed E-state index contributed by atoms with van der Waals surface area (Å²) in [5.41, 5.74) is 6.28. The Morgan fingerprint density at radius 3 is 2.76 bits per heavy atom. The van der Waals surface area contributed by atoms with E-state index in [4.69, 9.17) is 4.74 Å². The number of carbonyl (C=O) groups excluding carboxylic acids is 1. The Kier molecular flexibility index (Phi) is 5.22. The number of carbonyl (C=O) groups is 1. The number of aromatic hydroxyl groups is 1. The maximum absolute atomic E-state index is 12.1. The number of benzene rings is 1. The number of hydrogen-bond donors (Lipinski definition) is 3. The lowest BCUT2D eigenvalue weighted by molar-refractivity contribution is -0.389. The van der Waals surface area contributed by atoms with Gasteiger partial charge in [-0.1, -0.05) is 6.58 Å². The Morgan fingerprint density at radius 2 is 2.16 bits per heavy atom. The molecule has 0 bridgehead atoms. The smallest absolute Gasteiger partial charge is 0.390 e. The second-order valence-corrected chi connectivity index (χ2v) is 5.13. The first-order chi connectivity index (χ1) is 11.8. The highest BCUT2D eigenvalue weighted by molar-refractivity contribution is 5.94. The third kappa shape index (κ3) is 4.25. The second kappa shape index (κ2) is 7.34. The van der Waals surface area contributed by atoms with Crippen LogP contribution in [-0.2, 0) is 6.54 Å². The number of hydrogen-bond acceptors (Lipinski definition) is 7. The van der Waals surface area contributed by atoms with Gasteiger partial charge in [-0.2, -0.15) is 4.68 Å². The Hall–Kier alpha value is -3.56. The van der Waals surface area contributed by atoms with Crippen molar-refractivity contribution in [2.45, 2.75) is 13.5 Å². The summed E-state index contributed by atoms with van der Waals surface area (Å²) in [5.74, 6) is -0.633. The van der Waals surface area contributed by atoms with E-state index >= 15 is 0 Å². The first-order valence-corrected chi connectivity index (χ1v) is 7.11. The van der Waals surface area contributed by atoms with Crippen LogP contribution < -0.4 is 15.6 Å². The fourth-order valence-corrected chi connectivity index (χ4v) is 2.00. The minimum absolute atomic E-state index is 0.0767. The molecule has 25 heavy (non-hydrogen) atoms. The Morgan fingerprint density at radius 1 is 1.44 bits per heavy atom. The molecule has 0 saturated carbocycles. The van der Waals surface area contributed by atoms with E-state index in [-0.39, 0.29) is 29.4 Å². The molecule has 10 nitrogen and oxygen atoms in total. The van der Waals surface area contributed by atoms with Crippen LogP contribution in [0.15, 0.2) is 36.5 Å². The molecule has 0 fully saturated rings. The van der Waals surface area contributed by atoms with Gasteiger partial charge in [-0.05, 0) is 30.0 Å². The first-order valence-electron chi connectivity index (χ1n) is 7.11. The molecule has 0 saturated heterocycles. The highest BCUT2D eigenvalue weighted by atomic mass is 16.6. The topological polar surface area (TPSA) is 132 Å². The van der Waals surface area contributed by atoms with Crippen molar-refractivity contribution in [2.24, 2.45) is 0 Å². The van der Waals surface area contributed by atoms with Crippen LogP contribution in [-0.4, -0.2) is 32.8 Å². The Bertz CT molecular complexity index is 830. The number of methoxy groups -OCH3 is 1. The summed E-state index contributed by atoms with van der Waals surface area (Å²) >= 11 is 0. The van der Waals surface area contributed by atoms with Crippen molar-refractivity contribution >= 4 is 11.7 Å². The van der Waals surface area contributed by atoms with E-state index in [0.717, 1.165) is 0 Å². The average molecular weight is 347 g/mol. The maximum atomic E-state index is 12.1. The molecule has 2 aromatic rings. The minimum atomic E-state index is -0.584. The zero-order chi connectivity index (χ0) is 18.6. The first kappa shape index (κ1) is 17.8. The molecule has 1 amide bonds. The lowest BCUT2D eigenvalue weighted by Gasteiger charge is -2.11. The molecule has 2 rings (SSSR count). The van der Waals surface area contributed by atoms with Crippen molar-refractivity contribution in [3.63, 3.8) is 0 Å². The predicted molar refractivity (Wildman–Crippen MR) is 88.0 cm³/mol. The Balaban J connectivity index is 1.95. The zero-order valence-electron chi connectivity index (χ0n) is 13.6. The summed E-state index contributed by atoms with van der Waals surface area (Å²) in [7, 11) is 1.38. The van der Waals surface area contributed by atoms with Crippen LogP contribution in [0.3, 0.4) is 0 Å². The molecular formula is C15H17N5O5. The largest absolute Gasteiger partial charge is 0.504 e. The van der Waals surface area contributed by atoms with Gasteiger partial charge in [-0.3, -0.25) is 10.2 Å². The molecule has 132 valence electrons. The van der Waals surface area contributed by atoms with Crippen LogP contribution in [0.4, 0.5) is 5.82 Å². The number of nitrogens with zero attached hydrogens (tertiary/aromatic N) is 3. The van der Waals surface area contributed by atoms with Crippen LogP contribution >= 0.6 is 0 Å². The number of allylic oxidation sites excluding steroid dienone is 1. The van der Waals surface area contributed by atoms with Crippen molar-refractivity contribution in [2.75, 3.05) is 7.11 Å². The van der Waals surface area contributed by atoms with Gasteiger partial charge in [0.1, 0.15) is 6.54 Å². The lowest BCUT2D eigenvalue weighted by atomic mass is 10.2. The summed E-state index contributed by atoms with van der Waals surface area (Å²) in [6.45, 7) is 5.55. The SMILES string of the molecule is C=C(Cn1nc([N+](=O)[O-])cc1C)NNC(=O)c1ccc(O)c(OC)c1. The van der Waals surface area contributed by atoms with Crippen molar-refractivity contribution < 1.29 is 19.6 Å². The summed E-state index contributed by atoms with van der Waals surface area (Å²) in [5, 5.41) is 24.1. The molecule has 1 aromatic carbocycles. The van der Waals surface area contributed by atoms with Gasteiger partial charge < -0.3 is 25.4 Å². The summed E-state index contributed by atoms with van der Waals surface area (Å²) in [6.07, 6.45) is 0. The van der Waals surface area contributed by atoms with Crippen molar-refractivity contribution in [3.8, 4) is 11.5 Å². The van der Waals surface area contributed by atoms with E-state index in [1.807, 2.05) is 0 Å². The minimum Gasteiger partial charge on any atom is -0.504 e. The second-order valence-electron chi connectivity index (χ2n) is 5.13. The van der Waals surface area contributed by atoms with Gasteiger partial charge in [0.2, 0.25) is 0 Å². The van der Waals surface area contributed by atoms with E-state index in [9.17, 15) is 20.0 Å². The van der Waals surface area contributed by atoms with Gasteiger partial charge in [0.25, 0.3) is 5.91 Å². The number of nitrogens with one attached hydrogen (secondary N) is 2.